The molecule has 3 rings (SSSR count). The number of phenols is 1. The first-order valence-corrected chi connectivity index (χ1v) is 7.46. The van der Waals surface area contributed by atoms with E-state index < -0.39 is 0 Å². The molecule has 0 aromatic heterocycles. The van der Waals surface area contributed by atoms with Crippen LogP contribution >= 0.6 is 24.2 Å². The minimum atomic E-state index is -0.121. The van der Waals surface area contributed by atoms with Crippen molar-refractivity contribution in [3.63, 3.8) is 0 Å². The summed E-state index contributed by atoms with van der Waals surface area (Å²) >= 11 is 6.56. The molecule has 1 heterocycles. The molecular formula is C16H11NO2S2. The number of carbonyl (C=O) groups is 1. The fourth-order valence-electron chi connectivity index (χ4n) is 1.96. The third kappa shape index (κ3) is 2.84. The Kier molecular flexibility index (Phi) is 3.77. The molecule has 21 heavy (non-hydrogen) atoms. The maximum absolute atomic E-state index is 12.5. The summed E-state index contributed by atoms with van der Waals surface area (Å²) < 4.78 is 2.14. The van der Waals surface area contributed by atoms with Gasteiger partial charge in [-0.15, -0.1) is 0 Å². The Morgan fingerprint density at radius 1 is 1.05 bits per heavy atom. The summed E-state index contributed by atoms with van der Waals surface area (Å²) in [5.41, 5.74) is 2.14. The van der Waals surface area contributed by atoms with Gasteiger partial charge in [-0.2, -0.15) is 0 Å². The van der Waals surface area contributed by atoms with Gasteiger partial charge < -0.3 is 5.11 Å². The number of amides is 1. The molecule has 0 saturated carbocycles. The second-order valence-electron chi connectivity index (χ2n) is 4.46. The third-order valence-electron chi connectivity index (χ3n) is 3.00. The van der Waals surface area contributed by atoms with Crippen molar-refractivity contribution in [3.8, 4) is 5.75 Å². The highest BCUT2D eigenvalue weighted by molar-refractivity contribution is 8.26. The van der Waals surface area contributed by atoms with Crippen LogP contribution < -0.4 is 4.31 Å². The molecule has 104 valence electrons. The zero-order valence-corrected chi connectivity index (χ0v) is 12.5. The predicted octanol–water partition coefficient (Wildman–Crippen LogP) is 3.80. The Hall–Kier alpha value is -2.11. The number of carbonyl (C=O) groups excluding carboxylic acids is 1. The molecule has 0 atom stereocenters. The van der Waals surface area contributed by atoms with Gasteiger partial charge in [0.15, 0.2) is 0 Å². The van der Waals surface area contributed by atoms with Crippen LogP contribution in [0.25, 0.3) is 6.08 Å². The third-order valence-corrected chi connectivity index (χ3v) is 4.39. The molecule has 2 aromatic rings. The Bertz CT molecular complexity index is 724. The zero-order chi connectivity index (χ0) is 14.8. The largest absolute Gasteiger partial charge is 0.508 e. The fourth-order valence-corrected chi connectivity index (χ4v) is 3.15. The van der Waals surface area contributed by atoms with Crippen molar-refractivity contribution in [1.29, 1.82) is 0 Å². The van der Waals surface area contributed by atoms with Crippen LogP contribution in [0.15, 0.2) is 60.2 Å². The van der Waals surface area contributed by atoms with E-state index in [-0.39, 0.29) is 11.7 Å². The van der Waals surface area contributed by atoms with Crippen molar-refractivity contribution >= 4 is 46.0 Å². The molecule has 1 fully saturated rings. The summed E-state index contributed by atoms with van der Waals surface area (Å²) in [6, 6.07) is 16.1. The van der Waals surface area contributed by atoms with Crippen LogP contribution in [-0.4, -0.2) is 15.2 Å². The summed E-state index contributed by atoms with van der Waals surface area (Å²) in [4.78, 5) is 12.5. The lowest BCUT2D eigenvalue weighted by Crippen LogP contribution is -2.17. The minimum absolute atomic E-state index is 0.121. The van der Waals surface area contributed by atoms with Crippen LogP contribution in [0.3, 0.4) is 0 Å². The molecule has 1 saturated heterocycles. The second kappa shape index (κ2) is 5.71. The van der Waals surface area contributed by atoms with Gasteiger partial charge in [-0.25, -0.2) is 4.31 Å². The standard InChI is InChI=1S/C16H11NO2S2/c18-13-8-6-11(7-9-13)10-14-15(19)17(21-16(14)20)12-4-2-1-3-5-12/h1-10,18H/b14-10-. The topological polar surface area (TPSA) is 40.5 Å². The summed E-state index contributed by atoms with van der Waals surface area (Å²) in [6.07, 6.45) is 1.75. The normalized spacial score (nSPS) is 16.8. The van der Waals surface area contributed by atoms with E-state index in [2.05, 4.69) is 0 Å². The SMILES string of the molecule is O=C1/C(=C/c2ccc(O)cc2)C(=S)SN1c1ccccc1. The number of nitrogens with zero attached hydrogens (tertiary/aromatic N) is 1. The maximum Gasteiger partial charge on any atom is 0.270 e. The number of hydrogen-bond donors (Lipinski definition) is 1. The molecule has 0 radical (unpaired) electrons. The fraction of sp³-hybridized carbons (Fsp3) is 0. The number of hydrogen-bond acceptors (Lipinski definition) is 4. The highest BCUT2D eigenvalue weighted by Crippen LogP contribution is 2.35. The van der Waals surface area contributed by atoms with E-state index in [9.17, 15) is 9.90 Å². The second-order valence-corrected chi connectivity index (χ2v) is 6.09. The zero-order valence-electron chi connectivity index (χ0n) is 10.9. The number of anilines is 1. The van der Waals surface area contributed by atoms with E-state index in [0.717, 1.165) is 11.3 Å². The van der Waals surface area contributed by atoms with Gasteiger partial charge in [0.05, 0.1) is 11.3 Å². The molecule has 3 nitrogen and oxygen atoms in total. The summed E-state index contributed by atoms with van der Waals surface area (Å²) in [5, 5.41) is 9.29. The monoisotopic (exact) mass is 313 g/mol. The van der Waals surface area contributed by atoms with Gasteiger partial charge in [0, 0.05) is 11.9 Å². The maximum atomic E-state index is 12.5. The number of para-hydroxylation sites is 1. The van der Waals surface area contributed by atoms with Gasteiger partial charge in [0.2, 0.25) is 0 Å². The minimum Gasteiger partial charge on any atom is -0.508 e. The Labute approximate surface area is 132 Å². The van der Waals surface area contributed by atoms with Gasteiger partial charge in [-0.3, -0.25) is 4.79 Å². The Morgan fingerprint density at radius 3 is 2.38 bits per heavy atom. The molecular weight excluding hydrogens is 302 g/mol. The number of rotatable bonds is 2. The first kappa shape index (κ1) is 13.9. The molecule has 2 aromatic carbocycles. The van der Waals surface area contributed by atoms with E-state index in [4.69, 9.17) is 12.2 Å². The molecule has 1 aliphatic heterocycles. The van der Waals surface area contributed by atoms with Gasteiger partial charge in [0.25, 0.3) is 5.91 Å². The number of phenolic OH excluding ortho intramolecular Hbond substituents is 1. The van der Waals surface area contributed by atoms with Crippen molar-refractivity contribution < 1.29 is 9.90 Å². The lowest BCUT2D eigenvalue weighted by atomic mass is 10.1. The Morgan fingerprint density at radius 2 is 1.71 bits per heavy atom. The van der Waals surface area contributed by atoms with Gasteiger partial charge in [-0.05, 0) is 35.9 Å². The van der Waals surface area contributed by atoms with E-state index in [1.165, 1.54) is 11.9 Å². The molecule has 0 bridgehead atoms. The smallest absolute Gasteiger partial charge is 0.270 e. The highest BCUT2D eigenvalue weighted by atomic mass is 32.2. The average molecular weight is 313 g/mol. The van der Waals surface area contributed by atoms with Crippen LogP contribution in [0.4, 0.5) is 5.69 Å². The van der Waals surface area contributed by atoms with E-state index in [1.54, 1.807) is 34.6 Å². The summed E-state index contributed by atoms with van der Waals surface area (Å²) in [6.45, 7) is 0. The molecule has 1 amide bonds. The summed E-state index contributed by atoms with van der Waals surface area (Å²) in [5.74, 6) is 0.0713. The van der Waals surface area contributed by atoms with E-state index in [1.807, 2.05) is 30.3 Å². The average Bonchev–Trinajstić information content (AvgIpc) is 2.78. The number of benzene rings is 2. The van der Waals surface area contributed by atoms with E-state index >= 15 is 0 Å². The molecule has 5 heteroatoms. The molecule has 0 aliphatic carbocycles. The molecule has 0 unspecified atom stereocenters. The van der Waals surface area contributed by atoms with Gasteiger partial charge >= 0.3 is 0 Å². The van der Waals surface area contributed by atoms with Crippen molar-refractivity contribution in [2.24, 2.45) is 0 Å². The predicted molar refractivity (Wildman–Crippen MR) is 90.2 cm³/mol. The van der Waals surface area contributed by atoms with Gasteiger partial charge in [0.1, 0.15) is 9.95 Å². The van der Waals surface area contributed by atoms with Crippen LogP contribution in [0.1, 0.15) is 5.56 Å². The lowest BCUT2D eigenvalue weighted by molar-refractivity contribution is -0.113. The number of aromatic hydroxyl groups is 1. The highest BCUT2D eigenvalue weighted by Gasteiger charge is 2.33. The Balaban J connectivity index is 1.92. The van der Waals surface area contributed by atoms with Gasteiger partial charge in [-0.1, -0.05) is 42.5 Å². The van der Waals surface area contributed by atoms with Crippen molar-refractivity contribution in [1.82, 2.24) is 0 Å². The van der Waals surface area contributed by atoms with E-state index in [0.29, 0.717) is 9.77 Å². The molecule has 1 aliphatic rings. The van der Waals surface area contributed by atoms with Crippen molar-refractivity contribution in [2.75, 3.05) is 4.31 Å². The quantitative estimate of drug-likeness (QED) is 0.520. The van der Waals surface area contributed by atoms with Crippen LogP contribution in [0.2, 0.25) is 0 Å². The van der Waals surface area contributed by atoms with Crippen molar-refractivity contribution in [2.45, 2.75) is 0 Å². The first-order chi connectivity index (χ1) is 10.1. The molecule has 0 spiro atoms. The van der Waals surface area contributed by atoms with Crippen molar-refractivity contribution in [3.05, 3.63) is 65.7 Å². The lowest BCUT2D eigenvalue weighted by Gasteiger charge is -2.12. The number of thiocarbonyl (C=S) groups is 1. The van der Waals surface area contributed by atoms with Crippen LogP contribution in [0, 0.1) is 0 Å². The first-order valence-electron chi connectivity index (χ1n) is 6.28. The molecule has 1 N–H and O–H groups in total. The summed E-state index contributed by atoms with van der Waals surface area (Å²) in [7, 11) is 0. The van der Waals surface area contributed by atoms with Crippen LogP contribution in [0.5, 0.6) is 5.75 Å². The van der Waals surface area contributed by atoms with Crippen LogP contribution in [-0.2, 0) is 4.79 Å².